The van der Waals surface area contributed by atoms with E-state index in [2.05, 4.69) is 46.3 Å². The zero-order valence-electron chi connectivity index (χ0n) is 12.4. The van der Waals surface area contributed by atoms with Crippen molar-refractivity contribution in [2.24, 2.45) is 0 Å². The highest BCUT2D eigenvalue weighted by Gasteiger charge is 2.15. The standard InChI is InChI=1S/C16H27N3/c1-3-18-10-12-19(13-11-18)14-16-6-4-15(5-7-16)8-9-17-2/h4-7,17H,3,8-14H2,1-2H3. The first-order valence-corrected chi connectivity index (χ1v) is 7.49. The Morgan fingerprint density at radius 1 is 0.947 bits per heavy atom. The molecule has 0 bridgehead atoms. The molecule has 19 heavy (non-hydrogen) atoms. The summed E-state index contributed by atoms with van der Waals surface area (Å²) in [6, 6.07) is 9.12. The van der Waals surface area contributed by atoms with E-state index in [0.717, 1.165) is 19.5 Å². The summed E-state index contributed by atoms with van der Waals surface area (Å²) in [5.41, 5.74) is 2.87. The molecule has 1 fully saturated rings. The smallest absolute Gasteiger partial charge is 0.0234 e. The van der Waals surface area contributed by atoms with E-state index < -0.39 is 0 Å². The summed E-state index contributed by atoms with van der Waals surface area (Å²) in [4.78, 5) is 5.09. The van der Waals surface area contributed by atoms with E-state index in [4.69, 9.17) is 0 Å². The summed E-state index contributed by atoms with van der Waals surface area (Å²) in [6.07, 6.45) is 1.12. The molecule has 1 aromatic carbocycles. The largest absolute Gasteiger partial charge is 0.319 e. The Morgan fingerprint density at radius 2 is 1.53 bits per heavy atom. The lowest BCUT2D eigenvalue weighted by atomic mass is 10.1. The molecular formula is C16H27N3. The summed E-state index contributed by atoms with van der Waals surface area (Å²) in [5, 5.41) is 3.19. The van der Waals surface area contributed by atoms with Crippen molar-refractivity contribution in [2.45, 2.75) is 19.9 Å². The Labute approximate surface area is 117 Å². The molecule has 106 valence electrons. The third kappa shape index (κ3) is 4.60. The van der Waals surface area contributed by atoms with Crippen molar-refractivity contribution in [3.05, 3.63) is 35.4 Å². The highest BCUT2D eigenvalue weighted by atomic mass is 15.3. The minimum absolute atomic E-state index is 1.05. The lowest BCUT2D eigenvalue weighted by Crippen LogP contribution is -2.45. The third-order valence-corrected chi connectivity index (χ3v) is 4.00. The Kier molecular flexibility index (Phi) is 5.83. The van der Waals surface area contributed by atoms with Crippen molar-refractivity contribution in [3.8, 4) is 0 Å². The van der Waals surface area contributed by atoms with Crippen LogP contribution in [0.15, 0.2) is 24.3 Å². The molecule has 0 spiro atoms. The normalized spacial score (nSPS) is 17.8. The van der Waals surface area contributed by atoms with Gasteiger partial charge in [-0.2, -0.15) is 0 Å². The molecule has 0 saturated carbocycles. The molecule has 1 aliphatic heterocycles. The van der Waals surface area contributed by atoms with Gasteiger partial charge < -0.3 is 10.2 Å². The van der Waals surface area contributed by atoms with Crippen LogP contribution in [0.1, 0.15) is 18.1 Å². The molecule has 0 aromatic heterocycles. The molecule has 3 heteroatoms. The van der Waals surface area contributed by atoms with Gasteiger partial charge in [0.2, 0.25) is 0 Å². The van der Waals surface area contributed by atoms with Crippen molar-refractivity contribution in [1.29, 1.82) is 0 Å². The van der Waals surface area contributed by atoms with Gasteiger partial charge >= 0.3 is 0 Å². The highest BCUT2D eigenvalue weighted by molar-refractivity contribution is 5.22. The first kappa shape index (κ1) is 14.5. The predicted octanol–water partition coefficient (Wildman–Crippen LogP) is 1.59. The molecule has 0 amide bonds. The second-order valence-corrected chi connectivity index (χ2v) is 5.38. The second kappa shape index (κ2) is 7.63. The van der Waals surface area contributed by atoms with Gasteiger partial charge in [-0.15, -0.1) is 0 Å². The van der Waals surface area contributed by atoms with Gasteiger partial charge in [0, 0.05) is 32.7 Å². The van der Waals surface area contributed by atoms with Crippen LogP contribution in [0.4, 0.5) is 0 Å². The number of rotatable bonds is 6. The first-order valence-electron chi connectivity index (χ1n) is 7.49. The molecule has 0 aliphatic carbocycles. The molecule has 2 rings (SSSR count). The third-order valence-electron chi connectivity index (χ3n) is 4.00. The number of piperazine rings is 1. The molecular weight excluding hydrogens is 234 g/mol. The van der Waals surface area contributed by atoms with E-state index >= 15 is 0 Å². The monoisotopic (exact) mass is 261 g/mol. The van der Waals surface area contributed by atoms with Gasteiger partial charge in [-0.3, -0.25) is 4.90 Å². The van der Waals surface area contributed by atoms with Crippen molar-refractivity contribution >= 4 is 0 Å². The average molecular weight is 261 g/mol. The van der Waals surface area contributed by atoms with Crippen LogP contribution in [0.3, 0.4) is 0 Å². The summed E-state index contributed by atoms with van der Waals surface area (Å²) >= 11 is 0. The van der Waals surface area contributed by atoms with Gasteiger partial charge in [0.05, 0.1) is 0 Å². The van der Waals surface area contributed by atoms with E-state index in [9.17, 15) is 0 Å². The number of hydrogen-bond donors (Lipinski definition) is 1. The highest BCUT2D eigenvalue weighted by Crippen LogP contribution is 2.10. The summed E-state index contributed by atoms with van der Waals surface area (Å²) in [7, 11) is 2.00. The van der Waals surface area contributed by atoms with Crippen LogP contribution < -0.4 is 5.32 Å². The molecule has 0 unspecified atom stereocenters. The summed E-state index contributed by atoms with van der Waals surface area (Å²) in [6.45, 7) is 10.4. The fourth-order valence-electron chi connectivity index (χ4n) is 2.60. The lowest BCUT2D eigenvalue weighted by Gasteiger charge is -2.34. The molecule has 0 atom stereocenters. The zero-order valence-corrected chi connectivity index (χ0v) is 12.4. The molecule has 1 aromatic rings. The van der Waals surface area contributed by atoms with Gasteiger partial charge in [0.1, 0.15) is 0 Å². The number of nitrogens with zero attached hydrogens (tertiary/aromatic N) is 2. The molecule has 1 heterocycles. The Hall–Kier alpha value is -0.900. The minimum Gasteiger partial charge on any atom is -0.319 e. The molecule has 1 saturated heterocycles. The van der Waals surface area contributed by atoms with Crippen LogP contribution in [0, 0.1) is 0 Å². The molecule has 0 radical (unpaired) electrons. The van der Waals surface area contributed by atoms with Crippen molar-refractivity contribution in [1.82, 2.24) is 15.1 Å². The number of hydrogen-bond acceptors (Lipinski definition) is 3. The maximum Gasteiger partial charge on any atom is 0.0234 e. The summed E-state index contributed by atoms with van der Waals surface area (Å²) in [5.74, 6) is 0. The average Bonchev–Trinajstić information content (AvgIpc) is 2.47. The van der Waals surface area contributed by atoms with E-state index in [0.29, 0.717) is 0 Å². The molecule has 1 aliphatic rings. The topological polar surface area (TPSA) is 18.5 Å². The van der Waals surface area contributed by atoms with Crippen molar-refractivity contribution in [3.63, 3.8) is 0 Å². The van der Waals surface area contributed by atoms with Gasteiger partial charge in [-0.05, 0) is 37.7 Å². The van der Waals surface area contributed by atoms with Crippen LogP contribution in [-0.4, -0.2) is 56.1 Å². The lowest BCUT2D eigenvalue weighted by molar-refractivity contribution is 0.132. The maximum absolute atomic E-state index is 3.19. The second-order valence-electron chi connectivity index (χ2n) is 5.38. The van der Waals surface area contributed by atoms with Gasteiger partial charge in [0.15, 0.2) is 0 Å². The van der Waals surface area contributed by atoms with Gasteiger partial charge in [-0.1, -0.05) is 31.2 Å². The van der Waals surface area contributed by atoms with Crippen LogP contribution in [0.25, 0.3) is 0 Å². The van der Waals surface area contributed by atoms with Crippen molar-refractivity contribution in [2.75, 3.05) is 46.3 Å². The Bertz CT molecular complexity index is 353. The van der Waals surface area contributed by atoms with Gasteiger partial charge in [-0.25, -0.2) is 0 Å². The predicted molar refractivity (Wildman–Crippen MR) is 81.5 cm³/mol. The number of benzene rings is 1. The van der Waals surface area contributed by atoms with E-state index in [1.54, 1.807) is 0 Å². The van der Waals surface area contributed by atoms with Crippen LogP contribution in [0.5, 0.6) is 0 Å². The molecule has 3 nitrogen and oxygen atoms in total. The van der Waals surface area contributed by atoms with E-state index in [-0.39, 0.29) is 0 Å². The minimum atomic E-state index is 1.05. The first-order chi connectivity index (χ1) is 9.31. The number of nitrogens with one attached hydrogen (secondary N) is 1. The Balaban J connectivity index is 1.79. The fraction of sp³-hybridized carbons (Fsp3) is 0.625. The van der Waals surface area contributed by atoms with Gasteiger partial charge in [0.25, 0.3) is 0 Å². The SMILES string of the molecule is CCN1CCN(Cc2ccc(CCNC)cc2)CC1. The zero-order chi connectivity index (χ0) is 13.5. The molecule has 1 N–H and O–H groups in total. The van der Waals surface area contributed by atoms with Crippen molar-refractivity contribution < 1.29 is 0 Å². The fourth-order valence-corrected chi connectivity index (χ4v) is 2.60. The van der Waals surface area contributed by atoms with Crippen LogP contribution in [-0.2, 0) is 13.0 Å². The van der Waals surface area contributed by atoms with Crippen LogP contribution >= 0.6 is 0 Å². The quantitative estimate of drug-likeness (QED) is 0.839. The Morgan fingerprint density at radius 3 is 2.11 bits per heavy atom. The van der Waals surface area contributed by atoms with Crippen LogP contribution in [0.2, 0.25) is 0 Å². The number of likely N-dealkylation sites (N-methyl/N-ethyl adjacent to an activating group) is 2. The van der Waals surface area contributed by atoms with E-state index in [1.807, 2.05) is 7.05 Å². The maximum atomic E-state index is 3.19. The van der Waals surface area contributed by atoms with E-state index in [1.165, 1.54) is 43.9 Å². The summed E-state index contributed by atoms with van der Waals surface area (Å²) < 4.78 is 0.